The minimum Gasteiger partial charge on any atom is -0.366 e. The Kier molecular flexibility index (Phi) is 4.52. The van der Waals surface area contributed by atoms with Crippen molar-refractivity contribution >= 4 is 33.2 Å². The summed E-state index contributed by atoms with van der Waals surface area (Å²) in [6.45, 7) is 1.54. The van der Waals surface area contributed by atoms with E-state index in [0.717, 1.165) is 22.4 Å². The molecular formula is C13H13BrN2OS. The average molecular weight is 325 g/mol. The summed E-state index contributed by atoms with van der Waals surface area (Å²) in [4.78, 5) is 12.3. The third-order valence-corrected chi connectivity index (χ3v) is 4.09. The van der Waals surface area contributed by atoms with Crippen molar-refractivity contribution in [2.45, 2.75) is 13.1 Å². The maximum Gasteiger partial charge on any atom is 0.248 e. The first-order valence-corrected chi connectivity index (χ1v) is 7.10. The third-order valence-electron chi connectivity index (χ3n) is 2.47. The summed E-state index contributed by atoms with van der Waals surface area (Å²) in [5.41, 5.74) is 6.85. The Balaban J connectivity index is 1.90. The number of nitrogens with two attached hydrogens (primary N) is 1. The molecule has 5 heteroatoms. The summed E-state index contributed by atoms with van der Waals surface area (Å²) in [6.07, 6.45) is 0. The first-order chi connectivity index (χ1) is 8.65. The Labute approximate surface area is 118 Å². The van der Waals surface area contributed by atoms with Crippen molar-refractivity contribution < 1.29 is 4.79 Å². The number of amides is 1. The van der Waals surface area contributed by atoms with E-state index in [4.69, 9.17) is 5.73 Å². The fraction of sp³-hybridized carbons (Fsp3) is 0.154. The first kappa shape index (κ1) is 13.3. The first-order valence-electron chi connectivity index (χ1n) is 5.49. The molecule has 3 N–H and O–H groups in total. The van der Waals surface area contributed by atoms with E-state index < -0.39 is 0 Å². The zero-order valence-electron chi connectivity index (χ0n) is 9.65. The number of rotatable bonds is 5. The molecule has 1 aromatic heterocycles. The van der Waals surface area contributed by atoms with Gasteiger partial charge in [-0.15, -0.1) is 11.3 Å². The van der Waals surface area contributed by atoms with Crippen molar-refractivity contribution in [3.8, 4) is 0 Å². The Bertz CT molecular complexity index is 553. The highest BCUT2D eigenvalue weighted by Gasteiger charge is 2.01. The number of hydrogen-bond donors (Lipinski definition) is 2. The molecular weight excluding hydrogens is 312 g/mol. The molecule has 0 saturated heterocycles. The van der Waals surface area contributed by atoms with E-state index in [0.29, 0.717) is 5.56 Å². The lowest BCUT2D eigenvalue weighted by Gasteiger charge is -2.04. The molecule has 0 radical (unpaired) electrons. The van der Waals surface area contributed by atoms with E-state index in [9.17, 15) is 4.79 Å². The van der Waals surface area contributed by atoms with Crippen LogP contribution >= 0.6 is 27.3 Å². The molecule has 18 heavy (non-hydrogen) atoms. The van der Waals surface area contributed by atoms with Gasteiger partial charge in [-0.1, -0.05) is 12.1 Å². The SMILES string of the molecule is NC(=O)c1cccc(CNCc2ccc(Br)s2)c1. The van der Waals surface area contributed by atoms with Gasteiger partial charge in [0, 0.05) is 23.5 Å². The van der Waals surface area contributed by atoms with Gasteiger partial charge in [-0.05, 0) is 45.8 Å². The molecule has 2 rings (SSSR count). The second kappa shape index (κ2) is 6.13. The second-order valence-corrected chi connectivity index (χ2v) is 6.42. The van der Waals surface area contributed by atoms with Gasteiger partial charge in [0.05, 0.1) is 3.79 Å². The molecule has 0 fully saturated rings. The van der Waals surface area contributed by atoms with Crippen molar-refractivity contribution in [1.82, 2.24) is 5.32 Å². The molecule has 1 heterocycles. The maximum atomic E-state index is 11.0. The van der Waals surface area contributed by atoms with Crippen LogP contribution in [0.15, 0.2) is 40.2 Å². The Morgan fingerprint density at radius 3 is 2.78 bits per heavy atom. The van der Waals surface area contributed by atoms with E-state index in [-0.39, 0.29) is 5.91 Å². The highest BCUT2D eigenvalue weighted by molar-refractivity contribution is 9.11. The normalized spacial score (nSPS) is 10.5. The van der Waals surface area contributed by atoms with Gasteiger partial charge in [0.15, 0.2) is 0 Å². The van der Waals surface area contributed by atoms with E-state index >= 15 is 0 Å². The van der Waals surface area contributed by atoms with Crippen LogP contribution in [0.2, 0.25) is 0 Å². The summed E-state index contributed by atoms with van der Waals surface area (Å²) in [7, 11) is 0. The fourth-order valence-corrected chi connectivity index (χ4v) is 3.06. The van der Waals surface area contributed by atoms with Crippen LogP contribution in [0.4, 0.5) is 0 Å². The maximum absolute atomic E-state index is 11.0. The van der Waals surface area contributed by atoms with Gasteiger partial charge in [-0.25, -0.2) is 0 Å². The van der Waals surface area contributed by atoms with Crippen LogP contribution < -0.4 is 11.1 Å². The van der Waals surface area contributed by atoms with Gasteiger partial charge >= 0.3 is 0 Å². The van der Waals surface area contributed by atoms with Crippen molar-refractivity contribution in [2.75, 3.05) is 0 Å². The van der Waals surface area contributed by atoms with Crippen molar-refractivity contribution in [1.29, 1.82) is 0 Å². The predicted octanol–water partition coefficient (Wildman–Crippen LogP) is 2.90. The van der Waals surface area contributed by atoms with E-state index in [1.165, 1.54) is 4.88 Å². The Morgan fingerprint density at radius 2 is 2.11 bits per heavy atom. The lowest BCUT2D eigenvalue weighted by atomic mass is 10.1. The van der Waals surface area contributed by atoms with Crippen molar-refractivity contribution in [3.05, 3.63) is 56.2 Å². The molecule has 0 bridgehead atoms. The standard InChI is InChI=1S/C13H13BrN2OS/c14-12-5-4-11(18-12)8-16-7-9-2-1-3-10(6-9)13(15)17/h1-6,16H,7-8H2,(H2,15,17). The zero-order valence-corrected chi connectivity index (χ0v) is 12.1. The topological polar surface area (TPSA) is 55.1 Å². The Morgan fingerprint density at radius 1 is 1.28 bits per heavy atom. The van der Waals surface area contributed by atoms with Crippen LogP contribution in [0.25, 0.3) is 0 Å². The molecule has 3 nitrogen and oxygen atoms in total. The molecule has 0 unspecified atom stereocenters. The largest absolute Gasteiger partial charge is 0.366 e. The summed E-state index contributed by atoms with van der Waals surface area (Å²) in [5.74, 6) is -0.390. The van der Waals surface area contributed by atoms with Crippen LogP contribution in [0.5, 0.6) is 0 Å². The summed E-state index contributed by atoms with van der Waals surface area (Å²) >= 11 is 5.14. The fourth-order valence-electron chi connectivity index (χ4n) is 1.61. The molecule has 0 spiro atoms. The van der Waals surface area contributed by atoms with Crippen molar-refractivity contribution in [2.24, 2.45) is 5.73 Å². The highest BCUT2D eigenvalue weighted by atomic mass is 79.9. The summed E-state index contributed by atoms with van der Waals surface area (Å²) < 4.78 is 1.13. The van der Waals surface area contributed by atoms with E-state index in [1.54, 1.807) is 17.4 Å². The summed E-state index contributed by atoms with van der Waals surface area (Å²) in [5, 5.41) is 3.33. The lowest BCUT2D eigenvalue weighted by molar-refractivity contribution is 0.1000. The average Bonchev–Trinajstić information content (AvgIpc) is 2.75. The van der Waals surface area contributed by atoms with Gasteiger partial charge in [0.2, 0.25) is 5.91 Å². The van der Waals surface area contributed by atoms with Crippen LogP contribution in [0.3, 0.4) is 0 Å². The lowest BCUT2D eigenvalue weighted by Crippen LogP contribution is -2.14. The number of primary amides is 1. The number of halogens is 1. The highest BCUT2D eigenvalue weighted by Crippen LogP contribution is 2.21. The van der Waals surface area contributed by atoms with Crippen molar-refractivity contribution in [3.63, 3.8) is 0 Å². The number of nitrogens with one attached hydrogen (secondary N) is 1. The van der Waals surface area contributed by atoms with Crippen LogP contribution in [-0.4, -0.2) is 5.91 Å². The van der Waals surface area contributed by atoms with Crippen LogP contribution in [0.1, 0.15) is 20.8 Å². The van der Waals surface area contributed by atoms with E-state index in [1.807, 2.05) is 24.3 Å². The summed E-state index contributed by atoms with van der Waals surface area (Å²) in [6, 6.07) is 11.5. The van der Waals surface area contributed by atoms with Gasteiger partial charge in [0.1, 0.15) is 0 Å². The second-order valence-electron chi connectivity index (χ2n) is 3.87. The van der Waals surface area contributed by atoms with Gasteiger partial charge < -0.3 is 11.1 Å². The number of thiophene rings is 1. The van der Waals surface area contributed by atoms with E-state index in [2.05, 4.69) is 27.3 Å². The minimum absolute atomic E-state index is 0.390. The molecule has 94 valence electrons. The molecule has 0 aliphatic carbocycles. The smallest absolute Gasteiger partial charge is 0.248 e. The molecule has 0 aliphatic heterocycles. The van der Waals surface area contributed by atoms with Gasteiger partial charge in [-0.3, -0.25) is 4.79 Å². The van der Waals surface area contributed by atoms with Gasteiger partial charge in [-0.2, -0.15) is 0 Å². The molecule has 1 aromatic carbocycles. The number of carbonyl (C=O) groups is 1. The predicted molar refractivity (Wildman–Crippen MR) is 77.5 cm³/mol. The molecule has 0 aliphatic rings. The number of benzene rings is 1. The van der Waals surface area contributed by atoms with Crippen LogP contribution in [0, 0.1) is 0 Å². The minimum atomic E-state index is -0.390. The van der Waals surface area contributed by atoms with Crippen LogP contribution in [-0.2, 0) is 13.1 Å². The number of hydrogen-bond acceptors (Lipinski definition) is 3. The molecule has 1 amide bonds. The third kappa shape index (κ3) is 3.66. The molecule has 2 aromatic rings. The Hall–Kier alpha value is -1.17. The monoisotopic (exact) mass is 324 g/mol. The number of carbonyl (C=O) groups excluding carboxylic acids is 1. The van der Waals surface area contributed by atoms with Gasteiger partial charge in [0.25, 0.3) is 0 Å². The quantitative estimate of drug-likeness (QED) is 0.888. The molecule has 0 saturated carbocycles. The zero-order chi connectivity index (χ0) is 13.0. The molecule has 0 atom stereocenters.